The molecule has 3 heteroatoms. The van der Waals surface area contributed by atoms with E-state index in [0.717, 1.165) is 17.2 Å². The highest BCUT2D eigenvalue weighted by molar-refractivity contribution is 7.16. The lowest BCUT2D eigenvalue weighted by molar-refractivity contribution is 1.00. The normalized spacial score (nSPS) is 10.5. The van der Waals surface area contributed by atoms with Crippen LogP contribution in [-0.4, -0.2) is 0 Å². The number of halogens is 1. The van der Waals surface area contributed by atoms with Crippen LogP contribution in [0.3, 0.4) is 0 Å². The van der Waals surface area contributed by atoms with Crippen molar-refractivity contribution in [3.8, 4) is 0 Å². The van der Waals surface area contributed by atoms with E-state index in [0.29, 0.717) is 0 Å². The Hall–Kier alpha value is -0.310. The highest BCUT2D eigenvalue weighted by Crippen LogP contribution is 2.23. The second-order valence-corrected chi connectivity index (χ2v) is 5.62. The second kappa shape index (κ2) is 4.27. The van der Waals surface area contributed by atoms with Crippen molar-refractivity contribution < 1.29 is 0 Å². The predicted octanol–water partition coefficient (Wildman–Crippen LogP) is 4.25. The fourth-order valence-corrected chi connectivity index (χ4v) is 2.98. The number of hydrogen-bond acceptors (Lipinski definition) is 2. The van der Waals surface area contributed by atoms with E-state index in [-0.39, 0.29) is 0 Å². The lowest BCUT2D eigenvalue weighted by Gasteiger charge is -1.93. The highest BCUT2D eigenvalue weighted by Gasteiger charge is 1.99. The molecule has 2 aromatic rings. The summed E-state index contributed by atoms with van der Waals surface area (Å²) >= 11 is 9.34. The van der Waals surface area contributed by atoms with Gasteiger partial charge in [-0.3, -0.25) is 0 Å². The van der Waals surface area contributed by atoms with Crippen LogP contribution in [0.5, 0.6) is 0 Å². The summed E-state index contributed by atoms with van der Waals surface area (Å²) in [6.45, 7) is 0. The average Bonchev–Trinajstić information content (AvgIpc) is 2.71. The molecule has 0 aliphatic carbocycles. The zero-order chi connectivity index (χ0) is 9.10. The molecule has 2 rings (SSSR count). The van der Waals surface area contributed by atoms with Crippen LogP contribution in [0.4, 0.5) is 0 Å². The van der Waals surface area contributed by atoms with Gasteiger partial charge in [0, 0.05) is 9.75 Å². The van der Waals surface area contributed by atoms with Gasteiger partial charge in [-0.15, -0.1) is 22.7 Å². The summed E-state index contributed by atoms with van der Waals surface area (Å²) in [6, 6.07) is 8.36. The molecule has 0 aliphatic heterocycles. The van der Waals surface area contributed by atoms with Gasteiger partial charge in [0.15, 0.2) is 0 Å². The van der Waals surface area contributed by atoms with Gasteiger partial charge in [0.25, 0.3) is 0 Å². The van der Waals surface area contributed by atoms with Gasteiger partial charge in [0.1, 0.15) is 0 Å². The lowest BCUT2D eigenvalue weighted by atomic mass is 10.2. The first-order valence-electron chi connectivity index (χ1n) is 4.11. The maximum Gasteiger partial charge on any atom is 0.0931 e. The van der Waals surface area contributed by atoms with Crippen molar-refractivity contribution in [1.82, 2.24) is 0 Å². The van der Waals surface area contributed by atoms with E-state index in [2.05, 4.69) is 23.6 Å². The molecule has 0 aromatic carbocycles. The van der Waals surface area contributed by atoms with Gasteiger partial charge in [-0.2, -0.15) is 0 Å². The predicted molar refractivity (Wildman–Crippen MR) is 61.1 cm³/mol. The Morgan fingerprint density at radius 2 is 1.92 bits per heavy atom. The second-order valence-electron chi connectivity index (χ2n) is 2.79. The van der Waals surface area contributed by atoms with Gasteiger partial charge in [-0.1, -0.05) is 17.7 Å². The van der Waals surface area contributed by atoms with Crippen molar-refractivity contribution in [2.75, 3.05) is 0 Å². The fraction of sp³-hybridized carbons (Fsp3) is 0.200. The molecular weight excluding hydrogens is 220 g/mol. The number of rotatable bonds is 3. The van der Waals surface area contributed by atoms with E-state index in [1.807, 2.05) is 17.4 Å². The summed E-state index contributed by atoms with van der Waals surface area (Å²) in [4.78, 5) is 2.82. The first-order chi connectivity index (χ1) is 6.34. The Bertz CT molecular complexity index is 362. The molecule has 2 aromatic heterocycles. The Kier molecular flexibility index (Phi) is 3.04. The molecule has 0 nitrogen and oxygen atoms in total. The summed E-state index contributed by atoms with van der Waals surface area (Å²) in [5, 5.41) is 2.12. The van der Waals surface area contributed by atoms with Gasteiger partial charge < -0.3 is 0 Å². The van der Waals surface area contributed by atoms with Gasteiger partial charge in [-0.25, -0.2) is 0 Å². The molecule has 0 N–H and O–H groups in total. The maximum absolute atomic E-state index is 5.84. The molecule has 0 unspecified atom stereocenters. The molecule has 0 saturated heterocycles. The lowest BCUT2D eigenvalue weighted by Crippen LogP contribution is -1.83. The SMILES string of the molecule is Clc1ccc(CCc2cccs2)s1. The van der Waals surface area contributed by atoms with Crippen molar-refractivity contribution in [3.05, 3.63) is 43.7 Å². The van der Waals surface area contributed by atoms with Gasteiger partial charge >= 0.3 is 0 Å². The quantitative estimate of drug-likeness (QED) is 0.737. The molecule has 0 aliphatic rings. The van der Waals surface area contributed by atoms with Gasteiger partial charge in [0.05, 0.1) is 4.34 Å². The molecule has 0 spiro atoms. The third kappa shape index (κ3) is 2.56. The third-order valence-corrected chi connectivity index (χ3v) is 4.05. The highest BCUT2D eigenvalue weighted by atomic mass is 35.5. The van der Waals surface area contributed by atoms with Gasteiger partial charge in [0.2, 0.25) is 0 Å². The summed E-state index contributed by atoms with van der Waals surface area (Å²) in [5.74, 6) is 0. The van der Waals surface area contributed by atoms with Crippen LogP contribution in [0.15, 0.2) is 29.6 Å². The Balaban J connectivity index is 1.93. The molecule has 0 radical (unpaired) electrons. The minimum absolute atomic E-state index is 0.890. The summed E-state index contributed by atoms with van der Waals surface area (Å²) in [5.41, 5.74) is 0. The molecule has 13 heavy (non-hydrogen) atoms. The van der Waals surface area contributed by atoms with E-state index < -0.39 is 0 Å². The Labute approximate surface area is 90.8 Å². The van der Waals surface area contributed by atoms with Crippen molar-refractivity contribution >= 4 is 34.3 Å². The van der Waals surface area contributed by atoms with Crippen LogP contribution in [0.1, 0.15) is 9.75 Å². The Morgan fingerprint density at radius 3 is 2.54 bits per heavy atom. The smallest absolute Gasteiger partial charge is 0.0931 e. The van der Waals surface area contributed by atoms with Crippen LogP contribution in [0, 0.1) is 0 Å². The minimum Gasteiger partial charge on any atom is -0.149 e. The molecule has 2 heterocycles. The number of hydrogen-bond donors (Lipinski definition) is 0. The molecule has 0 atom stereocenters. The fourth-order valence-electron chi connectivity index (χ4n) is 1.19. The van der Waals surface area contributed by atoms with Crippen molar-refractivity contribution in [3.63, 3.8) is 0 Å². The first kappa shape index (κ1) is 9.25. The van der Waals surface area contributed by atoms with E-state index in [1.54, 1.807) is 11.3 Å². The van der Waals surface area contributed by atoms with E-state index >= 15 is 0 Å². The molecule has 0 amide bonds. The van der Waals surface area contributed by atoms with Crippen LogP contribution >= 0.6 is 34.3 Å². The van der Waals surface area contributed by atoms with Crippen LogP contribution < -0.4 is 0 Å². The van der Waals surface area contributed by atoms with Crippen molar-refractivity contribution in [1.29, 1.82) is 0 Å². The van der Waals surface area contributed by atoms with Crippen LogP contribution in [0.25, 0.3) is 0 Å². The van der Waals surface area contributed by atoms with Crippen LogP contribution in [0.2, 0.25) is 4.34 Å². The molecule has 0 fully saturated rings. The third-order valence-electron chi connectivity index (χ3n) is 1.83. The average molecular weight is 229 g/mol. The summed E-state index contributed by atoms with van der Waals surface area (Å²) in [6.07, 6.45) is 2.24. The van der Waals surface area contributed by atoms with Crippen LogP contribution in [-0.2, 0) is 12.8 Å². The molecule has 0 saturated carbocycles. The molecule has 0 bridgehead atoms. The zero-order valence-corrected chi connectivity index (χ0v) is 9.38. The Morgan fingerprint density at radius 1 is 1.08 bits per heavy atom. The minimum atomic E-state index is 0.890. The van der Waals surface area contributed by atoms with E-state index in [1.165, 1.54) is 9.75 Å². The van der Waals surface area contributed by atoms with Crippen molar-refractivity contribution in [2.24, 2.45) is 0 Å². The zero-order valence-electron chi connectivity index (χ0n) is 7.00. The van der Waals surface area contributed by atoms with Gasteiger partial charge in [-0.05, 0) is 36.4 Å². The summed E-state index contributed by atoms with van der Waals surface area (Å²) < 4.78 is 0.890. The monoisotopic (exact) mass is 228 g/mol. The first-order valence-corrected chi connectivity index (χ1v) is 6.18. The standard InChI is InChI=1S/C10H9ClS2/c11-10-6-5-9(13-10)4-3-8-2-1-7-12-8/h1-2,5-7H,3-4H2. The van der Waals surface area contributed by atoms with E-state index in [9.17, 15) is 0 Å². The topological polar surface area (TPSA) is 0 Å². The summed E-state index contributed by atoms with van der Waals surface area (Å²) in [7, 11) is 0. The molecule has 68 valence electrons. The maximum atomic E-state index is 5.84. The largest absolute Gasteiger partial charge is 0.149 e. The number of aryl methyl sites for hydroxylation is 2. The number of thiophene rings is 2. The van der Waals surface area contributed by atoms with Crippen molar-refractivity contribution in [2.45, 2.75) is 12.8 Å². The van der Waals surface area contributed by atoms with E-state index in [4.69, 9.17) is 11.6 Å². The molecular formula is C10H9ClS2.